The molecule has 1 aliphatic rings. The quantitative estimate of drug-likeness (QED) is 0.435. The number of hydrogen-bond donors (Lipinski definition) is 2. The molecule has 0 atom stereocenters. The second-order valence-electron chi connectivity index (χ2n) is 6.55. The molecule has 0 unspecified atom stereocenters. The molecule has 2 aromatic heterocycles. The Hall–Kier alpha value is -1.31. The van der Waals surface area contributed by atoms with E-state index in [0.717, 1.165) is 36.2 Å². The van der Waals surface area contributed by atoms with Crippen molar-refractivity contribution >= 4 is 35.6 Å². The average Bonchev–Trinajstić information content (AvgIpc) is 2.98. The van der Waals surface area contributed by atoms with Gasteiger partial charge in [-0.05, 0) is 43.7 Å². The topological polar surface area (TPSA) is 53.7 Å². The van der Waals surface area contributed by atoms with E-state index in [9.17, 15) is 0 Å². The highest BCUT2D eigenvalue weighted by Crippen LogP contribution is 2.23. The molecule has 5 nitrogen and oxygen atoms in total. The SMILES string of the molecule is CN=C(NCCc1cn2ccccc2n1)NC1CCC(C)CC1.I. The Morgan fingerprint density at radius 3 is 2.79 bits per heavy atom. The van der Waals surface area contributed by atoms with E-state index in [1.54, 1.807) is 0 Å². The molecule has 132 valence electrons. The summed E-state index contributed by atoms with van der Waals surface area (Å²) in [4.78, 5) is 8.97. The van der Waals surface area contributed by atoms with E-state index in [4.69, 9.17) is 0 Å². The number of aromatic nitrogens is 2. The third-order valence-corrected chi connectivity index (χ3v) is 4.67. The van der Waals surface area contributed by atoms with E-state index >= 15 is 0 Å². The summed E-state index contributed by atoms with van der Waals surface area (Å²) < 4.78 is 2.06. The smallest absolute Gasteiger partial charge is 0.191 e. The number of nitrogens with zero attached hydrogens (tertiary/aromatic N) is 3. The third-order valence-electron chi connectivity index (χ3n) is 4.67. The Bertz CT molecular complexity index is 625. The van der Waals surface area contributed by atoms with Crippen LogP contribution in [0.4, 0.5) is 0 Å². The maximum atomic E-state index is 4.62. The Kier molecular flexibility index (Phi) is 7.33. The molecule has 1 saturated carbocycles. The van der Waals surface area contributed by atoms with Crippen LogP contribution in [0, 0.1) is 5.92 Å². The van der Waals surface area contributed by atoms with Crippen LogP contribution < -0.4 is 10.6 Å². The number of guanidine groups is 1. The zero-order valence-electron chi connectivity index (χ0n) is 14.5. The van der Waals surface area contributed by atoms with Gasteiger partial charge in [-0.15, -0.1) is 24.0 Å². The molecule has 0 spiro atoms. The van der Waals surface area contributed by atoms with Gasteiger partial charge in [-0.3, -0.25) is 4.99 Å². The number of imidazole rings is 1. The molecule has 2 aromatic rings. The number of hydrogen-bond acceptors (Lipinski definition) is 2. The predicted molar refractivity (Wildman–Crippen MR) is 110 cm³/mol. The van der Waals surface area contributed by atoms with Crippen molar-refractivity contribution in [1.82, 2.24) is 20.0 Å². The van der Waals surface area contributed by atoms with Crippen molar-refractivity contribution in [2.24, 2.45) is 10.9 Å². The molecule has 0 aromatic carbocycles. The fraction of sp³-hybridized carbons (Fsp3) is 0.556. The van der Waals surface area contributed by atoms with Gasteiger partial charge in [0.05, 0.1) is 5.69 Å². The Morgan fingerprint density at radius 2 is 2.08 bits per heavy atom. The summed E-state index contributed by atoms with van der Waals surface area (Å²) in [5.74, 6) is 1.78. The first-order valence-corrected chi connectivity index (χ1v) is 8.64. The number of rotatable bonds is 4. The van der Waals surface area contributed by atoms with Crippen LogP contribution in [0.25, 0.3) is 5.65 Å². The molecule has 3 rings (SSSR count). The van der Waals surface area contributed by atoms with Gasteiger partial charge < -0.3 is 15.0 Å². The van der Waals surface area contributed by atoms with Gasteiger partial charge in [0.2, 0.25) is 0 Å². The number of fused-ring (bicyclic) bond motifs is 1. The lowest BCUT2D eigenvalue weighted by Crippen LogP contribution is -2.45. The molecule has 2 heterocycles. The predicted octanol–water partition coefficient (Wildman–Crippen LogP) is 3.24. The molecule has 24 heavy (non-hydrogen) atoms. The van der Waals surface area contributed by atoms with E-state index in [1.807, 2.05) is 31.4 Å². The first-order chi connectivity index (χ1) is 11.2. The highest BCUT2D eigenvalue weighted by Gasteiger charge is 2.18. The van der Waals surface area contributed by atoms with Gasteiger partial charge in [-0.1, -0.05) is 13.0 Å². The van der Waals surface area contributed by atoms with E-state index < -0.39 is 0 Å². The van der Waals surface area contributed by atoms with Crippen LogP contribution in [0.5, 0.6) is 0 Å². The Labute approximate surface area is 161 Å². The molecule has 0 saturated heterocycles. The molecule has 1 fully saturated rings. The highest BCUT2D eigenvalue weighted by molar-refractivity contribution is 14.0. The number of halogens is 1. The zero-order valence-corrected chi connectivity index (χ0v) is 16.9. The van der Waals surface area contributed by atoms with Crippen molar-refractivity contribution in [2.45, 2.75) is 45.1 Å². The minimum atomic E-state index is 0. The summed E-state index contributed by atoms with van der Waals surface area (Å²) in [6.07, 6.45) is 10.1. The van der Waals surface area contributed by atoms with Gasteiger partial charge in [0.25, 0.3) is 0 Å². The monoisotopic (exact) mass is 441 g/mol. The lowest BCUT2D eigenvalue weighted by atomic mass is 9.87. The van der Waals surface area contributed by atoms with Gasteiger partial charge in [-0.2, -0.15) is 0 Å². The molecule has 0 bridgehead atoms. The Balaban J connectivity index is 0.00000208. The van der Waals surface area contributed by atoms with Gasteiger partial charge >= 0.3 is 0 Å². The van der Waals surface area contributed by atoms with E-state index in [-0.39, 0.29) is 24.0 Å². The van der Waals surface area contributed by atoms with Crippen molar-refractivity contribution < 1.29 is 0 Å². The first-order valence-electron chi connectivity index (χ1n) is 8.64. The number of pyridine rings is 1. The van der Waals surface area contributed by atoms with Gasteiger partial charge in [0, 0.05) is 38.4 Å². The second-order valence-corrected chi connectivity index (χ2v) is 6.55. The van der Waals surface area contributed by atoms with Crippen molar-refractivity contribution in [2.75, 3.05) is 13.6 Å². The molecule has 0 radical (unpaired) electrons. The minimum Gasteiger partial charge on any atom is -0.356 e. The van der Waals surface area contributed by atoms with Gasteiger partial charge in [0.15, 0.2) is 5.96 Å². The van der Waals surface area contributed by atoms with E-state index in [2.05, 4.69) is 38.1 Å². The van der Waals surface area contributed by atoms with E-state index in [1.165, 1.54) is 25.7 Å². The molecule has 6 heteroatoms. The zero-order chi connectivity index (χ0) is 16.1. The molecular formula is C18H28IN5. The van der Waals surface area contributed by atoms with Crippen LogP contribution in [0.2, 0.25) is 0 Å². The molecular weight excluding hydrogens is 413 g/mol. The van der Waals surface area contributed by atoms with Gasteiger partial charge in [0.1, 0.15) is 5.65 Å². The summed E-state index contributed by atoms with van der Waals surface area (Å²) in [5, 5.41) is 6.96. The van der Waals surface area contributed by atoms with Crippen LogP contribution >= 0.6 is 24.0 Å². The largest absolute Gasteiger partial charge is 0.356 e. The van der Waals surface area contributed by atoms with Crippen molar-refractivity contribution in [3.63, 3.8) is 0 Å². The molecule has 0 amide bonds. The third kappa shape index (κ3) is 5.09. The average molecular weight is 441 g/mol. The molecule has 2 N–H and O–H groups in total. The van der Waals surface area contributed by atoms with Gasteiger partial charge in [-0.25, -0.2) is 4.98 Å². The fourth-order valence-corrected chi connectivity index (χ4v) is 3.21. The lowest BCUT2D eigenvalue weighted by Gasteiger charge is -2.28. The first kappa shape index (κ1) is 19.0. The summed E-state index contributed by atoms with van der Waals surface area (Å²) in [6.45, 7) is 3.19. The summed E-state index contributed by atoms with van der Waals surface area (Å²) in [7, 11) is 1.84. The maximum Gasteiger partial charge on any atom is 0.191 e. The van der Waals surface area contributed by atoms with Crippen LogP contribution in [-0.2, 0) is 6.42 Å². The fourth-order valence-electron chi connectivity index (χ4n) is 3.21. The van der Waals surface area contributed by atoms with E-state index in [0.29, 0.717) is 6.04 Å². The number of aliphatic imine (C=N–C) groups is 1. The van der Waals surface area contributed by atoms with Crippen molar-refractivity contribution in [1.29, 1.82) is 0 Å². The summed E-state index contributed by atoms with van der Waals surface area (Å²) >= 11 is 0. The van der Waals surface area contributed by atoms with Crippen LogP contribution in [0.3, 0.4) is 0 Å². The summed E-state index contributed by atoms with van der Waals surface area (Å²) in [5.41, 5.74) is 2.10. The number of nitrogens with one attached hydrogen (secondary N) is 2. The normalized spacial score (nSPS) is 21.3. The minimum absolute atomic E-state index is 0. The second kappa shape index (κ2) is 9.25. The standard InChI is InChI=1S/C18H27N5.HI/c1-14-6-8-15(9-7-14)22-18(19-2)20-11-10-16-13-23-12-4-3-5-17(23)21-16;/h3-5,12-15H,6-11H2,1-2H3,(H2,19,20,22);1H. The lowest BCUT2D eigenvalue weighted by molar-refractivity contribution is 0.329. The van der Waals surface area contributed by atoms with Crippen LogP contribution in [0.1, 0.15) is 38.3 Å². The molecule has 1 aliphatic carbocycles. The van der Waals surface area contributed by atoms with Crippen molar-refractivity contribution in [3.05, 3.63) is 36.3 Å². The van der Waals surface area contributed by atoms with Crippen LogP contribution in [-0.4, -0.2) is 35.0 Å². The summed E-state index contributed by atoms with van der Waals surface area (Å²) in [6, 6.07) is 6.63. The highest BCUT2D eigenvalue weighted by atomic mass is 127. The van der Waals surface area contributed by atoms with Crippen molar-refractivity contribution in [3.8, 4) is 0 Å². The Morgan fingerprint density at radius 1 is 1.29 bits per heavy atom. The molecule has 0 aliphatic heterocycles. The maximum absolute atomic E-state index is 4.62. The van der Waals surface area contributed by atoms with Crippen LogP contribution in [0.15, 0.2) is 35.6 Å².